The lowest BCUT2D eigenvalue weighted by molar-refractivity contribution is 0.538. The third-order valence-electron chi connectivity index (χ3n) is 3.82. The van der Waals surface area contributed by atoms with E-state index in [1.54, 1.807) is 0 Å². The third-order valence-corrected chi connectivity index (χ3v) is 3.82. The van der Waals surface area contributed by atoms with Crippen molar-refractivity contribution < 1.29 is 0 Å². The topological polar surface area (TPSA) is 76.1 Å². The highest BCUT2D eigenvalue weighted by Gasteiger charge is 1.93. The van der Waals surface area contributed by atoms with Crippen molar-refractivity contribution in [3.63, 3.8) is 0 Å². The minimum absolute atomic E-state index is 0.836. The molecule has 0 radical (unpaired) electrons. The first-order valence-corrected chi connectivity index (χ1v) is 9.23. The summed E-state index contributed by atoms with van der Waals surface area (Å²) < 4.78 is 0. The summed E-state index contributed by atoms with van der Waals surface area (Å²) in [6.07, 6.45) is 14.2. The number of rotatable bonds is 18. The lowest BCUT2D eigenvalue weighted by Crippen LogP contribution is -2.17. The number of nitrogens with one attached hydrogen (secondary N) is 2. The second kappa shape index (κ2) is 19.8. The van der Waals surface area contributed by atoms with Crippen molar-refractivity contribution in [3.8, 4) is 0 Å². The summed E-state index contributed by atoms with van der Waals surface area (Å²) >= 11 is 0. The van der Waals surface area contributed by atoms with Gasteiger partial charge in [-0.2, -0.15) is 0 Å². The van der Waals surface area contributed by atoms with Gasteiger partial charge in [0.2, 0.25) is 0 Å². The lowest BCUT2D eigenvalue weighted by Gasteiger charge is -2.06. The fourth-order valence-corrected chi connectivity index (χ4v) is 2.42. The van der Waals surface area contributed by atoms with E-state index >= 15 is 0 Å². The molecule has 0 heterocycles. The standard InChI is InChI=1S/C17H40N4/c18-12-6-4-10-16-20-14-8-2-1-3-9-15-21-17-11-5-7-13-19/h20-21H,1-19H2. The van der Waals surface area contributed by atoms with E-state index in [1.807, 2.05) is 0 Å². The zero-order valence-corrected chi connectivity index (χ0v) is 14.2. The van der Waals surface area contributed by atoms with Crippen LogP contribution in [0.3, 0.4) is 0 Å². The SMILES string of the molecule is NCCCCCNCCCCCCCNCCCCCN. The van der Waals surface area contributed by atoms with Crippen molar-refractivity contribution in [1.29, 1.82) is 0 Å². The van der Waals surface area contributed by atoms with E-state index in [4.69, 9.17) is 11.5 Å². The Morgan fingerprint density at radius 2 is 0.667 bits per heavy atom. The summed E-state index contributed by atoms with van der Waals surface area (Å²) in [5.74, 6) is 0. The summed E-state index contributed by atoms with van der Waals surface area (Å²) in [4.78, 5) is 0. The molecule has 0 aromatic heterocycles. The van der Waals surface area contributed by atoms with Gasteiger partial charge in [-0.25, -0.2) is 0 Å². The average Bonchev–Trinajstić information content (AvgIpc) is 2.50. The minimum Gasteiger partial charge on any atom is -0.330 e. The maximum atomic E-state index is 5.47. The molecule has 0 amide bonds. The van der Waals surface area contributed by atoms with Crippen LogP contribution in [0.5, 0.6) is 0 Å². The quantitative estimate of drug-likeness (QED) is 0.293. The second-order valence-electron chi connectivity index (χ2n) is 5.97. The summed E-state index contributed by atoms with van der Waals surface area (Å²) in [6.45, 7) is 6.36. The van der Waals surface area contributed by atoms with Gasteiger partial charge in [0.1, 0.15) is 0 Å². The predicted octanol–water partition coefficient (Wildman–Crippen LogP) is 2.37. The van der Waals surface area contributed by atoms with E-state index in [0.29, 0.717) is 0 Å². The van der Waals surface area contributed by atoms with E-state index < -0.39 is 0 Å². The summed E-state index contributed by atoms with van der Waals surface area (Å²) in [5, 5.41) is 7.04. The number of unbranched alkanes of at least 4 members (excludes halogenated alkanes) is 8. The fourth-order valence-electron chi connectivity index (χ4n) is 2.42. The zero-order chi connectivity index (χ0) is 15.4. The van der Waals surface area contributed by atoms with Gasteiger partial charge in [-0.1, -0.05) is 32.1 Å². The van der Waals surface area contributed by atoms with Crippen LogP contribution in [0, 0.1) is 0 Å². The molecular weight excluding hydrogens is 260 g/mol. The first-order chi connectivity index (χ1) is 10.4. The van der Waals surface area contributed by atoms with Crippen LogP contribution in [0.2, 0.25) is 0 Å². The van der Waals surface area contributed by atoms with Crippen LogP contribution < -0.4 is 22.1 Å². The average molecular weight is 301 g/mol. The summed E-state index contributed by atoms with van der Waals surface area (Å²) in [5.41, 5.74) is 10.9. The van der Waals surface area contributed by atoms with Crippen molar-refractivity contribution in [2.75, 3.05) is 39.3 Å². The summed E-state index contributed by atoms with van der Waals surface area (Å²) in [6, 6.07) is 0. The highest BCUT2D eigenvalue weighted by atomic mass is 14.8. The van der Waals surface area contributed by atoms with Crippen LogP contribution in [-0.2, 0) is 0 Å². The van der Waals surface area contributed by atoms with Gasteiger partial charge in [-0.15, -0.1) is 0 Å². The van der Waals surface area contributed by atoms with Crippen molar-refractivity contribution in [1.82, 2.24) is 10.6 Å². The van der Waals surface area contributed by atoms with Crippen LogP contribution in [0.15, 0.2) is 0 Å². The van der Waals surface area contributed by atoms with Crippen molar-refractivity contribution >= 4 is 0 Å². The molecule has 0 bridgehead atoms. The molecule has 0 saturated heterocycles. The third kappa shape index (κ3) is 19.8. The molecule has 128 valence electrons. The molecule has 0 fully saturated rings. The Bertz CT molecular complexity index is 158. The molecule has 4 heteroatoms. The molecule has 6 N–H and O–H groups in total. The van der Waals surface area contributed by atoms with E-state index in [2.05, 4.69) is 10.6 Å². The highest BCUT2D eigenvalue weighted by Crippen LogP contribution is 2.02. The van der Waals surface area contributed by atoms with E-state index in [0.717, 1.165) is 26.2 Å². The fraction of sp³-hybridized carbons (Fsp3) is 1.00. The minimum atomic E-state index is 0.836. The Morgan fingerprint density at radius 3 is 1.00 bits per heavy atom. The van der Waals surface area contributed by atoms with Crippen molar-refractivity contribution in [2.24, 2.45) is 11.5 Å². The van der Waals surface area contributed by atoms with Crippen LogP contribution in [0.4, 0.5) is 0 Å². The molecule has 0 aliphatic rings. The van der Waals surface area contributed by atoms with Gasteiger partial charge in [0, 0.05) is 0 Å². The molecule has 0 aliphatic heterocycles. The molecular formula is C17H40N4. The molecule has 0 aliphatic carbocycles. The Kier molecular flexibility index (Phi) is 19.7. The zero-order valence-electron chi connectivity index (χ0n) is 14.2. The lowest BCUT2D eigenvalue weighted by atomic mass is 10.1. The number of nitrogens with two attached hydrogens (primary N) is 2. The molecule has 0 spiro atoms. The van der Waals surface area contributed by atoms with Crippen LogP contribution in [-0.4, -0.2) is 39.3 Å². The Morgan fingerprint density at radius 1 is 0.381 bits per heavy atom. The van der Waals surface area contributed by atoms with Crippen LogP contribution >= 0.6 is 0 Å². The molecule has 0 unspecified atom stereocenters. The molecule has 0 atom stereocenters. The van der Waals surface area contributed by atoms with Gasteiger partial charge in [0.15, 0.2) is 0 Å². The number of hydrogen-bond acceptors (Lipinski definition) is 4. The van der Waals surface area contributed by atoms with Crippen molar-refractivity contribution in [2.45, 2.75) is 70.6 Å². The van der Waals surface area contributed by atoms with E-state index in [-0.39, 0.29) is 0 Å². The molecule has 4 nitrogen and oxygen atoms in total. The smallest absolute Gasteiger partial charge is 0.00489 e. The Balaban J connectivity index is 2.90. The van der Waals surface area contributed by atoms with Gasteiger partial charge in [0.05, 0.1) is 0 Å². The second-order valence-corrected chi connectivity index (χ2v) is 5.97. The number of hydrogen-bond donors (Lipinski definition) is 4. The van der Waals surface area contributed by atoms with Gasteiger partial charge < -0.3 is 22.1 Å². The van der Waals surface area contributed by atoms with E-state index in [1.165, 1.54) is 83.7 Å². The van der Waals surface area contributed by atoms with E-state index in [9.17, 15) is 0 Å². The Hall–Kier alpha value is -0.160. The van der Waals surface area contributed by atoms with Crippen LogP contribution in [0.25, 0.3) is 0 Å². The maximum absolute atomic E-state index is 5.47. The molecule has 0 saturated carbocycles. The normalized spacial score (nSPS) is 11.1. The first-order valence-electron chi connectivity index (χ1n) is 9.23. The van der Waals surface area contributed by atoms with Crippen LogP contribution in [0.1, 0.15) is 70.6 Å². The van der Waals surface area contributed by atoms with Gasteiger partial charge in [-0.05, 0) is 77.8 Å². The van der Waals surface area contributed by atoms with Gasteiger partial charge in [-0.3, -0.25) is 0 Å². The maximum Gasteiger partial charge on any atom is -0.00489 e. The predicted molar refractivity (Wildman–Crippen MR) is 94.6 cm³/mol. The Labute approximate surface area is 132 Å². The molecule has 21 heavy (non-hydrogen) atoms. The first kappa shape index (κ1) is 20.8. The van der Waals surface area contributed by atoms with Gasteiger partial charge in [0.25, 0.3) is 0 Å². The highest BCUT2D eigenvalue weighted by molar-refractivity contribution is 4.53. The van der Waals surface area contributed by atoms with Crippen molar-refractivity contribution in [3.05, 3.63) is 0 Å². The summed E-state index contributed by atoms with van der Waals surface area (Å²) in [7, 11) is 0. The monoisotopic (exact) mass is 300 g/mol. The molecule has 0 rings (SSSR count). The largest absolute Gasteiger partial charge is 0.330 e. The molecule has 0 aromatic carbocycles. The molecule has 0 aromatic rings. The van der Waals surface area contributed by atoms with Gasteiger partial charge >= 0.3 is 0 Å².